The molecular formula is C10H8BrClS. The Labute approximate surface area is 96.2 Å². The van der Waals surface area contributed by atoms with Gasteiger partial charge in [0.2, 0.25) is 0 Å². The molecule has 1 rings (SSSR count). The maximum Gasteiger partial charge on any atom is 0.0835 e. The standard InChI is InChI=1S/C10H8BrClS/c11-9-3-5-10(6-4-9)13-8-2-1-7-12/h3-6H,7-8H2. The van der Waals surface area contributed by atoms with Crippen molar-refractivity contribution in [2.75, 3.05) is 11.6 Å². The van der Waals surface area contributed by atoms with E-state index in [9.17, 15) is 0 Å². The van der Waals surface area contributed by atoms with Crippen LogP contribution in [-0.2, 0) is 0 Å². The molecule has 0 aliphatic rings. The highest BCUT2D eigenvalue weighted by molar-refractivity contribution is 9.10. The van der Waals surface area contributed by atoms with E-state index in [1.165, 1.54) is 4.90 Å². The van der Waals surface area contributed by atoms with E-state index >= 15 is 0 Å². The van der Waals surface area contributed by atoms with E-state index in [1.807, 2.05) is 12.1 Å². The predicted molar refractivity (Wildman–Crippen MR) is 63.4 cm³/mol. The Morgan fingerprint density at radius 2 is 1.92 bits per heavy atom. The van der Waals surface area contributed by atoms with E-state index in [0.29, 0.717) is 5.88 Å². The second-order valence-corrected chi connectivity index (χ2v) is 4.46. The molecule has 0 atom stereocenters. The van der Waals surface area contributed by atoms with Gasteiger partial charge >= 0.3 is 0 Å². The summed E-state index contributed by atoms with van der Waals surface area (Å²) in [5.74, 6) is 7.00. The van der Waals surface area contributed by atoms with Crippen molar-refractivity contribution in [3.63, 3.8) is 0 Å². The largest absolute Gasteiger partial charge is 0.113 e. The Hall–Kier alpha value is -0.100. The lowest BCUT2D eigenvalue weighted by atomic mass is 10.4. The molecule has 3 heteroatoms. The molecule has 1 aromatic rings. The van der Waals surface area contributed by atoms with Crippen LogP contribution in [0.25, 0.3) is 0 Å². The molecule has 0 aliphatic heterocycles. The molecule has 0 radical (unpaired) electrons. The average Bonchev–Trinajstić information content (AvgIpc) is 2.15. The lowest BCUT2D eigenvalue weighted by molar-refractivity contribution is 1.44. The third-order valence-electron chi connectivity index (χ3n) is 1.32. The quantitative estimate of drug-likeness (QED) is 0.450. The number of halogens is 2. The maximum atomic E-state index is 5.41. The van der Waals surface area contributed by atoms with Crippen molar-refractivity contribution in [2.45, 2.75) is 4.90 Å². The van der Waals surface area contributed by atoms with Gasteiger partial charge in [0.25, 0.3) is 0 Å². The molecule has 1 aromatic carbocycles. The van der Waals surface area contributed by atoms with Crippen LogP contribution in [-0.4, -0.2) is 11.6 Å². The van der Waals surface area contributed by atoms with Crippen molar-refractivity contribution in [3.8, 4) is 11.8 Å². The predicted octanol–water partition coefficient (Wildman–Crippen LogP) is 3.78. The summed E-state index contributed by atoms with van der Waals surface area (Å²) in [7, 11) is 0. The second-order valence-electron chi connectivity index (χ2n) is 2.23. The fourth-order valence-corrected chi connectivity index (χ4v) is 1.78. The lowest BCUT2D eigenvalue weighted by Crippen LogP contribution is -1.74. The molecule has 0 bridgehead atoms. The SMILES string of the molecule is ClCC#CCSc1ccc(Br)cc1. The van der Waals surface area contributed by atoms with Crippen LogP contribution >= 0.6 is 39.3 Å². The Morgan fingerprint density at radius 3 is 2.54 bits per heavy atom. The van der Waals surface area contributed by atoms with E-state index in [1.54, 1.807) is 11.8 Å². The lowest BCUT2D eigenvalue weighted by Gasteiger charge is -1.96. The smallest absolute Gasteiger partial charge is 0.0835 e. The van der Waals surface area contributed by atoms with Gasteiger partial charge in [0, 0.05) is 9.37 Å². The van der Waals surface area contributed by atoms with E-state index in [2.05, 4.69) is 39.9 Å². The molecular weight excluding hydrogens is 268 g/mol. The van der Waals surface area contributed by atoms with Gasteiger partial charge in [-0.3, -0.25) is 0 Å². The van der Waals surface area contributed by atoms with Gasteiger partial charge in [0.1, 0.15) is 0 Å². The van der Waals surface area contributed by atoms with E-state index in [0.717, 1.165) is 10.2 Å². The average molecular weight is 276 g/mol. The van der Waals surface area contributed by atoms with Crippen molar-refractivity contribution in [1.82, 2.24) is 0 Å². The molecule has 0 N–H and O–H groups in total. The summed E-state index contributed by atoms with van der Waals surface area (Å²) < 4.78 is 1.10. The van der Waals surface area contributed by atoms with Gasteiger partial charge in [0.05, 0.1) is 11.6 Å². The monoisotopic (exact) mass is 274 g/mol. The van der Waals surface area contributed by atoms with Crippen LogP contribution in [0.4, 0.5) is 0 Å². The van der Waals surface area contributed by atoms with Gasteiger partial charge in [-0.2, -0.15) is 0 Å². The molecule has 0 unspecified atom stereocenters. The first-order valence-electron chi connectivity index (χ1n) is 3.73. The summed E-state index contributed by atoms with van der Waals surface area (Å²) >= 11 is 10.5. The van der Waals surface area contributed by atoms with Crippen molar-refractivity contribution >= 4 is 39.3 Å². The minimum absolute atomic E-state index is 0.418. The molecule has 0 heterocycles. The first-order chi connectivity index (χ1) is 6.33. The van der Waals surface area contributed by atoms with E-state index < -0.39 is 0 Å². The number of hydrogen-bond acceptors (Lipinski definition) is 1. The number of benzene rings is 1. The molecule has 0 aliphatic carbocycles. The van der Waals surface area contributed by atoms with Gasteiger partial charge in [-0.15, -0.1) is 23.4 Å². The highest BCUT2D eigenvalue weighted by Crippen LogP contribution is 2.19. The molecule has 0 nitrogen and oxygen atoms in total. The number of thioether (sulfide) groups is 1. The van der Waals surface area contributed by atoms with E-state index in [4.69, 9.17) is 11.6 Å². The zero-order valence-corrected chi connectivity index (χ0v) is 10.0. The summed E-state index contributed by atoms with van der Waals surface area (Å²) in [6.45, 7) is 0. The van der Waals surface area contributed by atoms with Crippen LogP contribution in [0.15, 0.2) is 33.6 Å². The fourth-order valence-electron chi connectivity index (χ4n) is 0.749. The summed E-state index contributed by atoms with van der Waals surface area (Å²) in [6, 6.07) is 8.18. The summed E-state index contributed by atoms with van der Waals surface area (Å²) in [5, 5.41) is 0. The van der Waals surface area contributed by atoms with Gasteiger partial charge in [-0.25, -0.2) is 0 Å². The minimum atomic E-state index is 0.418. The van der Waals surface area contributed by atoms with Crippen molar-refractivity contribution in [3.05, 3.63) is 28.7 Å². The Bertz CT molecular complexity index is 310. The number of alkyl halides is 1. The van der Waals surface area contributed by atoms with Crippen LogP contribution < -0.4 is 0 Å². The second kappa shape index (κ2) is 6.37. The maximum absolute atomic E-state index is 5.41. The van der Waals surface area contributed by atoms with Gasteiger partial charge < -0.3 is 0 Å². The molecule has 0 spiro atoms. The Balaban J connectivity index is 2.41. The Kier molecular flexibility index (Phi) is 5.38. The highest BCUT2D eigenvalue weighted by Gasteiger charge is 1.90. The van der Waals surface area contributed by atoms with Crippen LogP contribution in [0.2, 0.25) is 0 Å². The zero-order valence-electron chi connectivity index (χ0n) is 6.89. The minimum Gasteiger partial charge on any atom is -0.113 e. The van der Waals surface area contributed by atoms with E-state index in [-0.39, 0.29) is 0 Å². The molecule has 68 valence electrons. The van der Waals surface area contributed by atoms with Crippen LogP contribution in [0.5, 0.6) is 0 Å². The molecule has 13 heavy (non-hydrogen) atoms. The highest BCUT2D eigenvalue weighted by atomic mass is 79.9. The van der Waals surface area contributed by atoms with Gasteiger partial charge in [-0.05, 0) is 24.3 Å². The third-order valence-corrected chi connectivity index (χ3v) is 2.87. The molecule has 0 amide bonds. The third kappa shape index (κ3) is 4.61. The van der Waals surface area contributed by atoms with Crippen molar-refractivity contribution in [1.29, 1.82) is 0 Å². The molecule has 0 fully saturated rings. The van der Waals surface area contributed by atoms with Crippen molar-refractivity contribution in [2.24, 2.45) is 0 Å². The van der Waals surface area contributed by atoms with Crippen LogP contribution in [0.3, 0.4) is 0 Å². The van der Waals surface area contributed by atoms with Crippen LogP contribution in [0.1, 0.15) is 0 Å². The molecule has 0 saturated carbocycles. The summed E-state index contributed by atoms with van der Waals surface area (Å²) in [4.78, 5) is 1.23. The Morgan fingerprint density at radius 1 is 1.23 bits per heavy atom. The van der Waals surface area contributed by atoms with Crippen LogP contribution in [0, 0.1) is 11.8 Å². The van der Waals surface area contributed by atoms with Gasteiger partial charge in [-0.1, -0.05) is 27.8 Å². The topological polar surface area (TPSA) is 0 Å². The number of rotatable bonds is 2. The summed E-state index contributed by atoms with van der Waals surface area (Å²) in [6.07, 6.45) is 0. The first kappa shape index (κ1) is 11.0. The molecule has 0 saturated heterocycles. The molecule has 0 aromatic heterocycles. The number of hydrogen-bond donors (Lipinski definition) is 0. The van der Waals surface area contributed by atoms with Gasteiger partial charge in [0.15, 0.2) is 0 Å². The summed E-state index contributed by atoms with van der Waals surface area (Å²) in [5.41, 5.74) is 0. The normalized spacial score (nSPS) is 9.08. The van der Waals surface area contributed by atoms with Crippen molar-refractivity contribution < 1.29 is 0 Å². The first-order valence-corrected chi connectivity index (χ1v) is 6.04. The zero-order chi connectivity index (χ0) is 9.52. The fraction of sp³-hybridized carbons (Fsp3) is 0.200.